The molecule has 0 aromatic carbocycles. The number of carbonyl (C=O) groups excluding carboxylic acids is 1. The highest BCUT2D eigenvalue weighted by Gasteiger charge is 2.12. The van der Waals surface area contributed by atoms with Gasteiger partial charge < -0.3 is 10.2 Å². The molecule has 6 heteroatoms. The monoisotopic (exact) mass is 247 g/mol. The van der Waals surface area contributed by atoms with E-state index in [2.05, 4.69) is 22.2 Å². The summed E-state index contributed by atoms with van der Waals surface area (Å²) in [6, 6.07) is 2.00. The van der Waals surface area contributed by atoms with Crippen molar-refractivity contribution in [3.8, 4) is 6.07 Å². The first kappa shape index (κ1) is 13.9. The average Bonchev–Trinajstić information content (AvgIpc) is 2.42. The van der Waals surface area contributed by atoms with Gasteiger partial charge in [-0.3, -0.25) is 4.79 Å². The number of anilines is 1. The summed E-state index contributed by atoms with van der Waals surface area (Å²) in [5.74, 6) is 0.438. The number of carbonyl (C=O) groups is 1. The van der Waals surface area contributed by atoms with E-state index in [-0.39, 0.29) is 11.6 Å². The molecule has 0 radical (unpaired) electrons. The third-order valence-corrected chi connectivity index (χ3v) is 2.33. The maximum absolute atomic E-state index is 11.9. The lowest BCUT2D eigenvalue weighted by molar-refractivity contribution is 0.0792. The summed E-state index contributed by atoms with van der Waals surface area (Å²) in [6.07, 6.45) is 4.30. The maximum Gasteiger partial charge on any atom is 0.273 e. The molecule has 1 aromatic rings. The number of rotatable bonds is 6. The number of nitrogens with one attached hydrogen (secondary N) is 1. The second-order valence-corrected chi connectivity index (χ2v) is 3.85. The first-order chi connectivity index (χ1) is 8.69. The van der Waals surface area contributed by atoms with Crippen LogP contribution in [0.1, 0.15) is 30.3 Å². The van der Waals surface area contributed by atoms with Gasteiger partial charge in [-0.25, -0.2) is 9.97 Å². The Morgan fingerprint density at radius 3 is 2.83 bits per heavy atom. The Hall–Kier alpha value is -2.16. The zero-order chi connectivity index (χ0) is 13.4. The topological polar surface area (TPSA) is 81.9 Å². The van der Waals surface area contributed by atoms with Gasteiger partial charge >= 0.3 is 0 Å². The van der Waals surface area contributed by atoms with Crippen molar-refractivity contribution >= 4 is 11.7 Å². The molecule has 96 valence electrons. The number of aromatic nitrogens is 2. The Labute approximate surface area is 107 Å². The molecule has 6 nitrogen and oxygen atoms in total. The number of amides is 1. The molecule has 1 heterocycles. The van der Waals surface area contributed by atoms with Gasteiger partial charge in [0.05, 0.1) is 24.9 Å². The molecule has 1 amide bonds. The Morgan fingerprint density at radius 2 is 2.28 bits per heavy atom. The molecule has 0 aliphatic rings. The summed E-state index contributed by atoms with van der Waals surface area (Å²) < 4.78 is 0. The van der Waals surface area contributed by atoms with Crippen LogP contribution in [0.4, 0.5) is 5.82 Å². The van der Waals surface area contributed by atoms with E-state index >= 15 is 0 Å². The van der Waals surface area contributed by atoms with Crippen LogP contribution < -0.4 is 5.32 Å². The highest BCUT2D eigenvalue weighted by molar-refractivity contribution is 5.91. The molecule has 0 bridgehead atoms. The van der Waals surface area contributed by atoms with Gasteiger partial charge in [0.15, 0.2) is 0 Å². The normalized spacial score (nSPS) is 9.61. The maximum atomic E-state index is 11.9. The van der Waals surface area contributed by atoms with Crippen LogP contribution in [0.5, 0.6) is 0 Å². The van der Waals surface area contributed by atoms with E-state index in [0.29, 0.717) is 18.8 Å². The zero-order valence-corrected chi connectivity index (χ0v) is 10.7. The molecule has 1 rings (SSSR count). The summed E-state index contributed by atoms with van der Waals surface area (Å²) in [5.41, 5.74) is 0.289. The van der Waals surface area contributed by atoms with Crippen molar-refractivity contribution in [3.63, 3.8) is 0 Å². The summed E-state index contributed by atoms with van der Waals surface area (Å²) in [4.78, 5) is 21.5. The fourth-order valence-electron chi connectivity index (χ4n) is 1.30. The second kappa shape index (κ2) is 7.22. The van der Waals surface area contributed by atoms with Crippen LogP contribution in [0, 0.1) is 11.3 Å². The third kappa shape index (κ3) is 4.01. The predicted octanol–water partition coefficient (Wildman–Crippen LogP) is 1.28. The van der Waals surface area contributed by atoms with E-state index in [9.17, 15) is 4.79 Å². The van der Waals surface area contributed by atoms with Crippen molar-refractivity contribution in [2.75, 3.05) is 25.5 Å². The summed E-state index contributed by atoms with van der Waals surface area (Å²) in [6.45, 7) is 3.28. The Morgan fingerprint density at radius 1 is 1.50 bits per heavy atom. The molecule has 0 saturated carbocycles. The van der Waals surface area contributed by atoms with Crippen molar-refractivity contribution < 1.29 is 4.79 Å². The minimum Gasteiger partial charge on any atom is -0.369 e. The molecule has 0 saturated heterocycles. The van der Waals surface area contributed by atoms with Crippen LogP contribution in [-0.2, 0) is 0 Å². The van der Waals surface area contributed by atoms with Gasteiger partial charge in [0.25, 0.3) is 5.91 Å². The lowest BCUT2D eigenvalue weighted by Gasteiger charge is -2.14. The van der Waals surface area contributed by atoms with E-state index in [0.717, 1.165) is 13.0 Å². The zero-order valence-electron chi connectivity index (χ0n) is 10.7. The fraction of sp³-hybridized carbons (Fsp3) is 0.500. The molecule has 0 aliphatic carbocycles. The summed E-state index contributed by atoms with van der Waals surface area (Å²) in [5, 5.41) is 11.5. The van der Waals surface area contributed by atoms with E-state index in [1.165, 1.54) is 11.1 Å². The van der Waals surface area contributed by atoms with Crippen molar-refractivity contribution in [1.29, 1.82) is 5.26 Å². The molecule has 18 heavy (non-hydrogen) atoms. The largest absolute Gasteiger partial charge is 0.369 e. The van der Waals surface area contributed by atoms with E-state index in [1.54, 1.807) is 13.2 Å². The molecule has 1 aromatic heterocycles. The molecular weight excluding hydrogens is 230 g/mol. The van der Waals surface area contributed by atoms with Crippen molar-refractivity contribution in [3.05, 3.63) is 18.1 Å². The van der Waals surface area contributed by atoms with Gasteiger partial charge in [0.1, 0.15) is 11.5 Å². The van der Waals surface area contributed by atoms with Gasteiger partial charge in [-0.2, -0.15) is 5.26 Å². The Balaban J connectivity index is 2.61. The first-order valence-corrected chi connectivity index (χ1v) is 5.87. The van der Waals surface area contributed by atoms with E-state index in [4.69, 9.17) is 5.26 Å². The van der Waals surface area contributed by atoms with Gasteiger partial charge in [0, 0.05) is 20.1 Å². The van der Waals surface area contributed by atoms with Crippen LogP contribution in [0.3, 0.4) is 0 Å². The van der Waals surface area contributed by atoms with Crippen LogP contribution in [0.15, 0.2) is 12.4 Å². The average molecular weight is 247 g/mol. The van der Waals surface area contributed by atoms with Crippen molar-refractivity contribution in [1.82, 2.24) is 14.9 Å². The fourth-order valence-corrected chi connectivity index (χ4v) is 1.30. The van der Waals surface area contributed by atoms with Gasteiger partial charge in [-0.05, 0) is 6.42 Å². The minimum atomic E-state index is -0.222. The number of nitrogens with zero attached hydrogens (tertiary/aromatic N) is 4. The molecule has 0 aliphatic heterocycles. The molecular formula is C12H17N5O. The summed E-state index contributed by atoms with van der Waals surface area (Å²) in [7, 11) is 1.64. The van der Waals surface area contributed by atoms with E-state index < -0.39 is 0 Å². The standard InChI is InChI=1S/C12H17N5O/c1-3-6-14-11-9-15-10(8-16-11)12(18)17(2)7-4-5-13/h8-9H,3-4,6-7H2,1-2H3,(H,14,16). The lowest BCUT2D eigenvalue weighted by atomic mass is 10.3. The van der Waals surface area contributed by atoms with Gasteiger partial charge in [0.2, 0.25) is 0 Å². The highest BCUT2D eigenvalue weighted by Crippen LogP contribution is 2.04. The Kier molecular flexibility index (Phi) is 5.58. The molecule has 0 unspecified atom stereocenters. The first-order valence-electron chi connectivity index (χ1n) is 5.87. The molecule has 1 N–H and O–H groups in total. The molecule has 0 fully saturated rings. The third-order valence-electron chi connectivity index (χ3n) is 2.33. The van der Waals surface area contributed by atoms with Gasteiger partial charge in [-0.1, -0.05) is 6.92 Å². The van der Waals surface area contributed by atoms with E-state index in [1.807, 2.05) is 6.07 Å². The molecule has 0 atom stereocenters. The van der Waals surface area contributed by atoms with Crippen LogP contribution >= 0.6 is 0 Å². The van der Waals surface area contributed by atoms with Crippen LogP contribution in [0.25, 0.3) is 0 Å². The Bertz CT molecular complexity index is 423. The minimum absolute atomic E-state index is 0.222. The van der Waals surface area contributed by atoms with Crippen LogP contribution in [-0.4, -0.2) is 40.9 Å². The number of hydrogen-bond donors (Lipinski definition) is 1. The lowest BCUT2D eigenvalue weighted by Crippen LogP contribution is -2.28. The quantitative estimate of drug-likeness (QED) is 0.819. The number of nitriles is 1. The number of hydrogen-bond acceptors (Lipinski definition) is 5. The second-order valence-electron chi connectivity index (χ2n) is 3.85. The molecule has 0 spiro atoms. The smallest absolute Gasteiger partial charge is 0.273 e. The SMILES string of the molecule is CCCNc1cnc(C(=O)N(C)CCC#N)cn1. The van der Waals surface area contributed by atoms with Crippen molar-refractivity contribution in [2.24, 2.45) is 0 Å². The van der Waals surface area contributed by atoms with Crippen LogP contribution in [0.2, 0.25) is 0 Å². The highest BCUT2D eigenvalue weighted by atomic mass is 16.2. The summed E-state index contributed by atoms with van der Waals surface area (Å²) >= 11 is 0. The van der Waals surface area contributed by atoms with Crippen molar-refractivity contribution in [2.45, 2.75) is 19.8 Å². The predicted molar refractivity (Wildman–Crippen MR) is 68.0 cm³/mol. The van der Waals surface area contributed by atoms with Gasteiger partial charge in [-0.15, -0.1) is 0 Å².